The van der Waals surface area contributed by atoms with Gasteiger partial charge in [0.05, 0.1) is 5.69 Å². The van der Waals surface area contributed by atoms with E-state index in [2.05, 4.69) is 15.0 Å². The molecule has 0 aliphatic heterocycles. The van der Waals surface area contributed by atoms with Gasteiger partial charge in [-0.1, -0.05) is 6.07 Å². The standard InChI is InChI=1S/C10H7N3O2/c14-10(15)9-12-5-7(6-13-9)8-3-1-2-4-11-8/h1-6H,(H,14,15). The molecule has 5 heteroatoms. The zero-order chi connectivity index (χ0) is 10.7. The second-order valence-corrected chi connectivity index (χ2v) is 2.82. The van der Waals surface area contributed by atoms with Gasteiger partial charge in [-0.25, -0.2) is 14.8 Å². The number of pyridine rings is 1. The number of rotatable bonds is 2. The lowest BCUT2D eigenvalue weighted by molar-refractivity contribution is 0.0683. The Bertz CT molecular complexity index is 468. The van der Waals surface area contributed by atoms with Crippen LogP contribution in [0, 0.1) is 0 Å². The molecule has 0 amide bonds. The van der Waals surface area contributed by atoms with Crippen LogP contribution in [0.1, 0.15) is 10.6 Å². The first-order valence-corrected chi connectivity index (χ1v) is 4.24. The maximum absolute atomic E-state index is 10.5. The van der Waals surface area contributed by atoms with Crippen LogP contribution in [0.3, 0.4) is 0 Å². The smallest absolute Gasteiger partial charge is 0.373 e. The minimum Gasteiger partial charge on any atom is -0.475 e. The summed E-state index contributed by atoms with van der Waals surface area (Å²) in [5.74, 6) is -1.35. The van der Waals surface area contributed by atoms with E-state index in [-0.39, 0.29) is 5.82 Å². The maximum Gasteiger partial charge on any atom is 0.373 e. The van der Waals surface area contributed by atoms with Crippen molar-refractivity contribution in [1.82, 2.24) is 15.0 Å². The summed E-state index contributed by atoms with van der Waals surface area (Å²) in [7, 11) is 0. The molecule has 0 saturated carbocycles. The molecule has 2 heterocycles. The number of aromatic carboxylic acids is 1. The minimum atomic E-state index is -1.14. The lowest BCUT2D eigenvalue weighted by atomic mass is 10.2. The molecule has 0 aromatic carbocycles. The van der Waals surface area contributed by atoms with Gasteiger partial charge in [-0.15, -0.1) is 0 Å². The molecule has 0 bridgehead atoms. The van der Waals surface area contributed by atoms with Gasteiger partial charge in [0.1, 0.15) is 0 Å². The number of hydrogen-bond donors (Lipinski definition) is 1. The van der Waals surface area contributed by atoms with Gasteiger partial charge in [-0.2, -0.15) is 0 Å². The summed E-state index contributed by atoms with van der Waals surface area (Å²) in [4.78, 5) is 22.0. The zero-order valence-electron chi connectivity index (χ0n) is 7.66. The van der Waals surface area contributed by atoms with E-state index in [1.165, 1.54) is 12.4 Å². The molecule has 2 rings (SSSR count). The Labute approximate surface area is 85.5 Å². The molecule has 0 unspecified atom stereocenters. The van der Waals surface area contributed by atoms with Gasteiger partial charge in [0.15, 0.2) is 0 Å². The molecule has 74 valence electrons. The number of carboxylic acid groups (broad SMARTS) is 1. The molecule has 2 aromatic rings. The monoisotopic (exact) mass is 201 g/mol. The van der Waals surface area contributed by atoms with Gasteiger partial charge in [0.25, 0.3) is 0 Å². The van der Waals surface area contributed by atoms with E-state index in [1.54, 1.807) is 18.3 Å². The second-order valence-electron chi connectivity index (χ2n) is 2.82. The van der Waals surface area contributed by atoms with Crippen molar-refractivity contribution < 1.29 is 9.90 Å². The normalized spacial score (nSPS) is 9.87. The maximum atomic E-state index is 10.5. The summed E-state index contributed by atoms with van der Waals surface area (Å²) in [5, 5.41) is 8.61. The van der Waals surface area contributed by atoms with E-state index in [0.717, 1.165) is 5.69 Å². The number of nitrogens with zero attached hydrogens (tertiary/aromatic N) is 3. The Morgan fingerprint density at radius 3 is 2.40 bits per heavy atom. The van der Waals surface area contributed by atoms with E-state index in [1.807, 2.05) is 6.07 Å². The van der Waals surface area contributed by atoms with Crippen molar-refractivity contribution in [1.29, 1.82) is 0 Å². The number of aromatic nitrogens is 3. The summed E-state index contributed by atoms with van der Waals surface area (Å²) < 4.78 is 0. The van der Waals surface area contributed by atoms with Crippen LogP contribution in [-0.2, 0) is 0 Å². The van der Waals surface area contributed by atoms with Crippen LogP contribution in [0.15, 0.2) is 36.8 Å². The highest BCUT2D eigenvalue weighted by Crippen LogP contribution is 2.12. The number of carboxylic acids is 1. The lowest BCUT2D eigenvalue weighted by Gasteiger charge is -1.98. The molecule has 0 spiro atoms. The van der Waals surface area contributed by atoms with Crippen molar-refractivity contribution in [3.63, 3.8) is 0 Å². The predicted molar refractivity (Wildman–Crippen MR) is 52.2 cm³/mol. The van der Waals surface area contributed by atoms with Gasteiger partial charge in [0.2, 0.25) is 5.82 Å². The van der Waals surface area contributed by atoms with Crippen molar-refractivity contribution in [2.45, 2.75) is 0 Å². The first-order chi connectivity index (χ1) is 7.27. The average Bonchev–Trinajstić information content (AvgIpc) is 2.30. The molecule has 2 aromatic heterocycles. The highest BCUT2D eigenvalue weighted by Gasteiger charge is 2.06. The SMILES string of the molecule is O=C(O)c1ncc(-c2ccccn2)cn1. The average molecular weight is 201 g/mol. The molecule has 0 radical (unpaired) electrons. The molecule has 1 N–H and O–H groups in total. The minimum absolute atomic E-state index is 0.213. The fourth-order valence-electron chi connectivity index (χ4n) is 1.10. The Hall–Kier alpha value is -2.30. The molecular formula is C10H7N3O2. The molecule has 0 saturated heterocycles. The summed E-state index contributed by atoms with van der Waals surface area (Å²) in [6.07, 6.45) is 4.54. The topological polar surface area (TPSA) is 76.0 Å². The van der Waals surface area contributed by atoms with Crippen LogP contribution in [0.5, 0.6) is 0 Å². The van der Waals surface area contributed by atoms with Crippen LogP contribution in [0.25, 0.3) is 11.3 Å². The Morgan fingerprint density at radius 2 is 1.87 bits per heavy atom. The molecular weight excluding hydrogens is 194 g/mol. The van der Waals surface area contributed by atoms with Crippen LogP contribution >= 0.6 is 0 Å². The van der Waals surface area contributed by atoms with Crippen molar-refractivity contribution in [3.8, 4) is 11.3 Å². The third-order valence-corrected chi connectivity index (χ3v) is 1.80. The van der Waals surface area contributed by atoms with E-state index in [9.17, 15) is 4.79 Å². The van der Waals surface area contributed by atoms with Crippen molar-refractivity contribution in [3.05, 3.63) is 42.6 Å². The first kappa shape index (κ1) is 9.26. The van der Waals surface area contributed by atoms with Crippen LogP contribution in [0.4, 0.5) is 0 Å². The number of hydrogen-bond acceptors (Lipinski definition) is 4. The molecule has 15 heavy (non-hydrogen) atoms. The van der Waals surface area contributed by atoms with Crippen molar-refractivity contribution in [2.24, 2.45) is 0 Å². The van der Waals surface area contributed by atoms with Crippen molar-refractivity contribution >= 4 is 5.97 Å². The summed E-state index contributed by atoms with van der Waals surface area (Å²) in [6, 6.07) is 5.45. The van der Waals surface area contributed by atoms with E-state index < -0.39 is 5.97 Å². The molecule has 0 atom stereocenters. The quantitative estimate of drug-likeness (QED) is 0.790. The fraction of sp³-hybridized carbons (Fsp3) is 0. The molecule has 0 aliphatic carbocycles. The molecule has 0 fully saturated rings. The highest BCUT2D eigenvalue weighted by molar-refractivity contribution is 5.83. The predicted octanol–water partition coefficient (Wildman–Crippen LogP) is 1.24. The van der Waals surface area contributed by atoms with Crippen LogP contribution in [0.2, 0.25) is 0 Å². The first-order valence-electron chi connectivity index (χ1n) is 4.24. The summed E-state index contributed by atoms with van der Waals surface area (Å²) >= 11 is 0. The van der Waals surface area contributed by atoms with Gasteiger partial charge in [0, 0.05) is 24.2 Å². The van der Waals surface area contributed by atoms with Crippen molar-refractivity contribution in [2.75, 3.05) is 0 Å². The third-order valence-electron chi connectivity index (χ3n) is 1.80. The van der Waals surface area contributed by atoms with Gasteiger partial charge >= 0.3 is 5.97 Å². The lowest BCUT2D eigenvalue weighted by Crippen LogP contribution is -2.03. The van der Waals surface area contributed by atoms with E-state index >= 15 is 0 Å². The van der Waals surface area contributed by atoms with Crippen LogP contribution < -0.4 is 0 Å². The Kier molecular flexibility index (Phi) is 2.37. The van der Waals surface area contributed by atoms with Crippen LogP contribution in [-0.4, -0.2) is 26.0 Å². The zero-order valence-corrected chi connectivity index (χ0v) is 7.66. The van der Waals surface area contributed by atoms with Gasteiger partial charge < -0.3 is 5.11 Å². The highest BCUT2D eigenvalue weighted by atomic mass is 16.4. The Morgan fingerprint density at radius 1 is 1.13 bits per heavy atom. The van der Waals surface area contributed by atoms with Gasteiger partial charge in [-0.3, -0.25) is 4.98 Å². The third kappa shape index (κ3) is 1.96. The second kappa shape index (κ2) is 3.83. The molecule has 0 aliphatic rings. The van der Waals surface area contributed by atoms with E-state index in [4.69, 9.17) is 5.11 Å². The number of carbonyl (C=O) groups is 1. The largest absolute Gasteiger partial charge is 0.475 e. The van der Waals surface area contributed by atoms with Gasteiger partial charge in [-0.05, 0) is 12.1 Å². The molecule has 5 nitrogen and oxygen atoms in total. The fourth-order valence-corrected chi connectivity index (χ4v) is 1.10. The summed E-state index contributed by atoms with van der Waals surface area (Å²) in [5.41, 5.74) is 1.41. The summed E-state index contributed by atoms with van der Waals surface area (Å²) in [6.45, 7) is 0. The Balaban J connectivity index is 2.36. The van der Waals surface area contributed by atoms with E-state index in [0.29, 0.717) is 5.56 Å².